The van der Waals surface area contributed by atoms with Gasteiger partial charge in [-0.15, -0.1) is 0 Å². The van der Waals surface area contributed by atoms with E-state index in [0.717, 1.165) is 45.6 Å². The van der Waals surface area contributed by atoms with E-state index in [1.165, 1.54) is 0 Å². The van der Waals surface area contributed by atoms with Gasteiger partial charge in [0, 0.05) is 24.8 Å². The molecule has 0 saturated heterocycles. The van der Waals surface area contributed by atoms with Crippen molar-refractivity contribution in [2.24, 2.45) is 17.3 Å². The molecule has 1 heterocycles. The number of rotatable bonds is 7. The van der Waals surface area contributed by atoms with E-state index >= 15 is 0 Å². The Labute approximate surface area is 163 Å². The van der Waals surface area contributed by atoms with E-state index in [9.17, 15) is 0 Å². The topological polar surface area (TPSA) is 64.9 Å². The number of azo groups is 1. The predicted octanol–water partition coefficient (Wildman–Crippen LogP) is 4.89. The number of hydrogen-bond acceptors (Lipinski definition) is 6. The number of benzene rings is 2. The first-order valence-corrected chi connectivity index (χ1v) is 9.58. The van der Waals surface area contributed by atoms with Gasteiger partial charge in [0.05, 0.1) is 36.5 Å². The summed E-state index contributed by atoms with van der Waals surface area (Å²) in [6, 6.07) is 16.1. The van der Waals surface area contributed by atoms with Crippen LogP contribution in [0.2, 0.25) is 0 Å². The van der Waals surface area contributed by atoms with Crippen LogP contribution in [0.3, 0.4) is 0 Å². The van der Waals surface area contributed by atoms with Gasteiger partial charge in [-0.1, -0.05) is 0 Å². The van der Waals surface area contributed by atoms with Crippen LogP contribution in [0.5, 0.6) is 5.75 Å². The van der Waals surface area contributed by atoms with Gasteiger partial charge in [-0.05, 0) is 59.8 Å². The van der Waals surface area contributed by atoms with Crippen LogP contribution < -0.4 is 14.2 Å². The molecule has 0 aliphatic heterocycles. The summed E-state index contributed by atoms with van der Waals surface area (Å²) in [4.78, 5) is 2.17. The number of methoxy groups -OCH3 is 1. The van der Waals surface area contributed by atoms with Gasteiger partial charge < -0.3 is 9.64 Å². The molecule has 0 spiro atoms. The second-order valence-electron chi connectivity index (χ2n) is 5.98. The van der Waals surface area contributed by atoms with Crippen molar-refractivity contribution in [2.45, 2.75) is 13.3 Å². The summed E-state index contributed by atoms with van der Waals surface area (Å²) in [6.07, 6.45) is 0.516. The molecule has 0 saturated carbocycles. The van der Waals surface area contributed by atoms with E-state index in [1.54, 1.807) is 18.4 Å². The Hall–Kier alpha value is -2.98. The van der Waals surface area contributed by atoms with E-state index < -0.39 is 0 Å². The molecule has 3 aromatic rings. The first kappa shape index (κ1) is 18.8. The minimum atomic E-state index is 0.516. The van der Waals surface area contributed by atoms with Gasteiger partial charge in [0.15, 0.2) is 0 Å². The molecule has 0 aliphatic rings. The van der Waals surface area contributed by atoms with Crippen molar-refractivity contribution in [2.75, 3.05) is 25.1 Å². The van der Waals surface area contributed by atoms with Gasteiger partial charge >= 0.3 is 5.13 Å². The SMILES string of the molecule is CCN(CCC#N)c1ccc(N=Nc2sc3cc(OC)ccc3[n+]2C)cc1. The Morgan fingerprint density at radius 3 is 2.63 bits per heavy atom. The second kappa shape index (κ2) is 8.60. The van der Waals surface area contributed by atoms with Crippen molar-refractivity contribution in [3.8, 4) is 11.8 Å². The number of nitrogens with zero attached hydrogens (tertiary/aromatic N) is 5. The van der Waals surface area contributed by atoms with Gasteiger partial charge in [-0.2, -0.15) is 5.26 Å². The van der Waals surface area contributed by atoms with E-state index in [2.05, 4.69) is 28.1 Å². The molecule has 0 unspecified atom stereocenters. The zero-order chi connectivity index (χ0) is 19.2. The van der Waals surface area contributed by atoms with E-state index in [1.807, 2.05) is 54.1 Å². The molecule has 2 aromatic carbocycles. The molecule has 7 heteroatoms. The number of aryl methyl sites for hydroxylation is 1. The fourth-order valence-electron chi connectivity index (χ4n) is 2.82. The van der Waals surface area contributed by atoms with Crippen molar-refractivity contribution in [3.05, 3.63) is 42.5 Å². The average molecular weight is 380 g/mol. The molecule has 0 radical (unpaired) electrons. The maximum absolute atomic E-state index is 8.77. The zero-order valence-electron chi connectivity index (χ0n) is 15.7. The third kappa shape index (κ3) is 4.23. The fourth-order valence-corrected chi connectivity index (χ4v) is 3.82. The summed E-state index contributed by atoms with van der Waals surface area (Å²) < 4.78 is 8.42. The lowest BCUT2D eigenvalue weighted by molar-refractivity contribution is -0.627. The quantitative estimate of drug-likeness (QED) is 0.433. The fraction of sp³-hybridized carbons (Fsp3) is 0.300. The molecule has 0 aliphatic carbocycles. The second-order valence-corrected chi connectivity index (χ2v) is 6.99. The van der Waals surface area contributed by atoms with Crippen molar-refractivity contribution < 1.29 is 9.30 Å². The number of ether oxygens (including phenoxy) is 1. The van der Waals surface area contributed by atoms with Crippen molar-refractivity contribution >= 4 is 38.1 Å². The van der Waals surface area contributed by atoms with Crippen molar-refractivity contribution in [3.63, 3.8) is 0 Å². The highest BCUT2D eigenvalue weighted by Crippen LogP contribution is 2.30. The lowest BCUT2D eigenvalue weighted by Crippen LogP contribution is -2.25. The highest BCUT2D eigenvalue weighted by atomic mass is 32.1. The molecular weight excluding hydrogens is 358 g/mol. The average Bonchev–Trinajstić information content (AvgIpc) is 3.02. The third-order valence-corrected chi connectivity index (χ3v) is 5.44. The Morgan fingerprint density at radius 1 is 1.19 bits per heavy atom. The molecule has 6 nitrogen and oxygen atoms in total. The lowest BCUT2D eigenvalue weighted by atomic mass is 10.2. The van der Waals surface area contributed by atoms with Crippen LogP contribution in [-0.2, 0) is 7.05 Å². The summed E-state index contributed by atoms with van der Waals surface area (Å²) in [7, 11) is 3.65. The Kier molecular flexibility index (Phi) is 5.99. The molecule has 27 heavy (non-hydrogen) atoms. The van der Waals surface area contributed by atoms with Crippen LogP contribution >= 0.6 is 11.3 Å². The molecule has 0 bridgehead atoms. The molecule has 0 N–H and O–H groups in total. The summed E-state index contributed by atoms with van der Waals surface area (Å²) >= 11 is 1.58. The summed E-state index contributed by atoms with van der Waals surface area (Å²) in [5.41, 5.74) is 2.98. The standard InChI is InChI=1S/C20H22N5OS/c1-4-25(13-5-12-21)16-8-6-15(7-9-16)22-23-20-24(2)18-11-10-17(26-3)14-19(18)27-20/h6-11,14H,4-5,13H2,1-3H3/q+1. The van der Waals surface area contributed by atoms with E-state index in [-0.39, 0.29) is 0 Å². The monoisotopic (exact) mass is 380 g/mol. The molecule has 3 rings (SSSR count). The highest BCUT2D eigenvalue weighted by molar-refractivity contribution is 7.21. The normalized spacial score (nSPS) is 11.0. The van der Waals surface area contributed by atoms with Crippen LogP contribution in [0.15, 0.2) is 52.7 Å². The third-order valence-electron chi connectivity index (χ3n) is 4.36. The maximum atomic E-state index is 8.77. The van der Waals surface area contributed by atoms with E-state index in [4.69, 9.17) is 10.00 Å². The molecule has 0 amide bonds. The number of nitriles is 1. The zero-order valence-corrected chi connectivity index (χ0v) is 16.5. The van der Waals surface area contributed by atoms with Gasteiger partial charge in [0.25, 0.3) is 0 Å². The van der Waals surface area contributed by atoms with Crippen LogP contribution in [0.1, 0.15) is 13.3 Å². The number of aromatic nitrogens is 1. The van der Waals surface area contributed by atoms with Crippen LogP contribution in [-0.4, -0.2) is 20.2 Å². The lowest BCUT2D eigenvalue weighted by Gasteiger charge is -2.21. The Morgan fingerprint density at radius 2 is 1.96 bits per heavy atom. The summed E-state index contributed by atoms with van der Waals surface area (Å²) in [5.74, 6) is 0.834. The molecule has 1 aromatic heterocycles. The Balaban J connectivity index is 1.79. The van der Waals surface area contributed by atoms with Gasteiger partial charge in [0.2, 0.25) is 0 Å². The predicted molar refractivity (Wildman–Crippen MR) is 108 cm³/mol. The maximum Gasteiger partial charge on any atom is 0.409 e. The number of fused-ring (bicyclic) bond motifs is 1. The number of anilines is 1. The largest absolute Gasteiger partial charge is 0.497 e. The molecule has 0 atom stereocenters. The van der Waals surface area contributed by atoms with Gasteiger partial charge in [-0.25, -0.2) is 4.57 Å². The smallest absolute Gasteiger partial charge is 0.409 e. The Bertz CT molecular complexity index is 988. The summed E-state index contributed by atoms with van der Waals surface area (Å²) in [6.45, 7) is 3.68. The van der Waals surface area contributed by atoms with Crippen LogP contribution in [0.25, 0.3) is 10.2 Å². The van der Waals surface area contributed by atoms with Gasteiger partial charge in [0.1, 0.15) is 17.0 Å². The minimum Gasteiger partial charge on any atom is -0.497 e. The molecule has 0 fully saturated rings. The number of hydrogen-bond donors (Lipinski definition) is 0. The molecular formula is C20H22N5OS+. The summed E-state index contributed by atoms with van der Waals surface area (Å²) in [5, 5.41) is 18.4. The van der Waals surface area contributed by atoms with Crippen molar-refractivity contribution in [1.29, 1.82) is 5.26 Å². The van der Waals surface area contributed by atoms with Crippen LogP contribution in [0, 0.1) is 11.3 Å². The van der Waals surface area contributed by atoms with Crippen molar-refractivity contribution in [1.82, 2.24) is 0 Å². The van der Waals surface area contributed by atoms with Gasteiger partial charge in [-0.3, -0.25) is 0 Å². The molecule has 138 valence electrons. The van der Waals surface area contributed by atoms with Crippen LogP contribution in [0.4, 0.5) is 16.5 Å². The first-order chi connectivity index (χ1) is 13.2. The number of thiazole rings is 1. The van der Waals surface area contributed by atoms with E-state index in [0.29, 0.717) is 6.42 Å². The first-order valence-electron chi connectivity index (χ1n) is 8.76. The highest BCUT2D eigenvalue weighted by Gasteiger charge is 2.16. The minimum absolute atomic E-state index is 0.516.